The molecule has 1 nitrogen and oxygen atoms in total. The molecule has 1 aromatic carbocycles. The predicted molar refractivity (Wildman–Crippen MR) is 65.3 cm³/mol. The molecule has 0 aliphatic heterocycles. The van der Waals surface area contributed by atoms with E-state index in [1.165, 1.54) is 17.5 Å². The lowest BCUT2D eigenvalue weighted by molar-refractivity contribution is 0.452. The first-order valence-electron chi connectivity index (χ1n) is 6.03. The van der Waals surface area contributed by atoms with Crippen LogP contribution in [0.25, 0.3) is 0 Å². The summed E-state index contributed by atoms with van der Waals surface area (Å²) in [7, 11) is 1.96. The molecule has 0 fully saturated rings. The molecule has 0 radical (unpaired) electrons. The van der Waals surface area contributed by atoms with Crippen molar-refractivity contribution >= 4 is 0 Å². The molecule has 0 saturated carbocycles. The summed E-state index contributed by atoms with van der Waals surface area (Å²) in [5.41, 5.74) is 4.15. The van der Waals surface area contributed by atoms with Crippen LogP contribution in [0.5, 0.6) is 0 Å². The molecule has 2 heteroatoms. The Morgan fingerprint density at radius 3 is 2.62 bits per heavy atom. The van der Waals surface area contributed by atoms with E-state index in [4.69, 9.17) is 0 Å². The second-order valence-electron chi connectivity index (χ2n) is 4.96. The Kier molecular flexibility index (Phi) is 3.02. The van der Waals surface area contributed by atoms with Gasteiger partial charge in [0.2, 0.25) is 0 Å². The van der Waals surface area contributed by atoms with Crippen molar-refractivity contribution in [3.05, 3.63) is 34.1 Å². The Labute approximate surface area is 97.1 Å². The minimum Gasteiger partial charge on any atom is -0.313 e. The average molecular weight is 221 g/mol. The molecular weight excluding hydrogens is 201 g/mol. The number of nitrogens with one attached hydrogen (secondary N) is 1. The highest BCUT2D eigenvalue weighted by atomic mass is 19.1. The van der Waals surface area contributed by atoms with Crippen molar-refractivity contribution < 1.29 is 4.39 Å². The van der Waals surface area contributed by atoms with Crippen molar-refractivity contribution in [2.45, 2.75) is 45.6 Å². The van der Waals surface area contributed by atoms with Crippen LogP contribution < -0.4 is 5.32 Å². The minimum absolute atomic E-state index is 0.0342. The van der Waals surface area contributed by atoms with Gasteiger partial charge < -0.3 is 5.32 Å². The van der Waals surface area contributed by atoms with Crippen molar-refractivity contribution in [2.75, 3.05) is 7.05 Å². The van der Waals surface area contributed by atoms with Crippen molar-refractivity contribution in [1.29, 1.82) is 0 Å². The summed E-state index contributed by atoms with van der Waals surface area (Å²) in [6.45, 7) is 6.00. The van der Waals surface area contributed by atoms with E-state index in [2.05, 4.69) is 12.2 Å². The van der Waals surface area contributed by atoms with E-state index in [0.29, 0.717) is 12.0 Å². The molecule has 0 spiro atoms. The van der Waals surface area contributed by atoms with Gasteiger partial charge in [0.05, 0.1) is 0 Å². The van der Waals surface area contributed by atoms with Crippen LogP contribution in [-0.4, -0.2) is 7.05 Å². The second kappa shape index (κ2) is 4.17. The van der Waals surface area contributed by atoms with Crippen LogP contribution in [0, 0.1) is 19.7 Å². The van der Waals surface area contributed by atoms with Gasteiger partial charge in [-0.3, -0.25) is 0 Å². The molecule has 0 saturated heterocycles. The predicted octanol–water partition coefficient (Wildman–Crippen LogP) is 3.60. The van der Waals surface area contributed by atoms with Crippen LogP contribution in [-0.2, 0) is 0 Å². The SMILES string of the molecule is CNC1CCC(C)c2cc(C)c(F)c(C)c21. The molecule has 1 aromatic rings. The number of hydrogen-bond donors (Lipinski definition) is 1. The average Bonchev–Trinajstić information content (AvgIpc) is 2.27. The van der Waals surface area contributed by atoms with Gasteiger partial charge in [-0.2, -0.15) is 0 Å². The van der Waals surface area contributed by atoms with Crippen LogP contribution in [0.4, 0.5) is 4.39 Å². The van der Waals surface area contributed by atoms with Gasteiger partial charge in [-0.1, -0.05) is 13.0 Å². The van der Waals surface area contributed by atoms with Crippen LogP contribution in [0.1, 0.15) is 54.0 Å². The number of rotatable bonds is 1. The van der Waals surface area contributed by atoms with Gasteiger partial charge in [-0.05, 0) is 61.9 Å². The summed E-state index contributed by atoms with van der Waals surface area (Å²) in [5.74, 6) is 0.519. The van der Waals surface area contributed by atoms with Crippen LogP contribution in [0.15, 0.2) is 6.07 Å². The normalized spacial score (nSPS) is 24.3. The number of fused-ring (bicyclic) bond motifs is 1. The summed E-state index contributed by atoms with van der Waals surface area (Å²) in [6, 6.07) is 2.35. The van der Waals surface area contributed by atoms with Crippen molar-refractivity contribution in [3.63, 3.8) is 0 Å². The van der Waals surface area contributed by atoms with Gasteiger partial charge in [0.25, 0.3) is 0 Å². The van der Waals surface area contributed by atoms with Gasteiger partial charge in [-0.25, -0.2) is 4.39 Å². The molecule has 0 aromatic heterocycles. The zero-order valence-corrected chi connectivity index (χ0v) is 10.5. The molecule has 88 valence electrons. The fourth-order valence-electron chi connectivity index (χ4n) is 2.88. The molecule has 0 heterocycles. The summed E-state index contributed by atoms with van der Waals surface area (Å²) in [4.78, 5) is 0. The van der Waals surface area contributed by atoms with E-state index in [9.17, 15) is 4.39 Å². The third-order valence-electron chi connectivity index (χ3n) is 3.88. The Hall–Kier alpha value is -0.890. The maximum Gasteiger partial charge on any atom is 0.129 e. The number of aryl methyl sites for hydroxylation is 1. The van der Waals surface area contributed by atoms with Crippen molar-refractivity contribution in [1.82, 2.24) is 5.32 Å². The quantitative estimate of drug-likeness (QED) is 0.764. The summed E-state index contributed by atoms with van der Waals surface area (Å²) < 4.78 is 13.9. The number of benzene rings is 1. The van der Waals surface area contributed by atoms with Crippen LogP contribution in [0.2, 0.25) is 0 Å². The molecule has 16 heavy (non-hydrogen) atoms. The van der Waals surface area contributed by atoms with Gasteiger partial charge in [0.15, 0.2) is 0 Å². The maximum absolute atomic E-state index is 13.9. The zero-order chi connectivity index (χ0) is 11.9. The minimum atomic E-state index is -0.0342. The molecule has 1 aliphatic rings. The molecule has 2 rings (SSSR count). The van der Waals surface area contributed by atoms with Gasteiger partial charge in [-0.15, -0.1) is 0 Å². The van der Waals surface area contributed by atoms with Crippen LogP contribution in [0.3, 0.4) is 0 Å². The third-order valence-corrected chi connectivity index (χ3v) is 3.88. The van der Waals surface area contributed by atoms with E-state index in [0.717, 1.165) is 17.5 Å². The Morgan fingerprint density at radius 2 is 2.00 bits per heavy atom. The molecule has 0 bridgehead atoms. The first kappa shape index (κ1) is 11.6. The highest BCUT2D eigenvalue weighted by Gasteiger charge is 2.27. The number of halogens is 1. The molecule has 0 amide bonds. The third kappa shape index (κ3) is 1.65. The topological polar surface area (TPSA) is 12.0 Å². The monoisotopic (exact) mass is 221 g/mol. The molecular formula is C14H20FN. The Morgan fingerprint density at radius 1 is 1.31 bits per heavy atom. The smallest absolute Gasteiger partial charge is 0.129 e. The molecule has 1 N–H and O–H groups in total. The first-order chi connectivity index (χ1) is 7.56. The van der Waals surface area contributed by atoms with Gasteiger partial charge >= 0.3 is 0 Å². The van der Waals surface area contributed by atoms with E-state index in [1.54, 1.807) is 0 Å². The Balaban J connectivity index is 2.64. The van der Waals surface area contributed by atoms with E-state index >= 15 is 0 Å². The summed E-state index contributed by atoms with van der Waals surface area (Å²) in [5, 5.41) is 3.30. The lowest BCUT2D eigenvalue weighted by Gasteiger charge is -2.32. The highest BCUT2D eigenvalue weighted by molar-refractivity contribution is 5.44. The van der Waals surface area contributed by atoms with Gasteiger partial charge in [0.1, 0.15) is 5.82 Å². The largest absolute Gasteiger partial charge is 0.313 e. The van der Waals surface area contributed by atoms with E-state index in [-0.39, 0.29) is 5.82 Å². The molecule has 1 aliphatic carbocycles. The fraction of sp³-hybridized carbons (Fsp3) is 0.571. The molecule has 2 unspecified atom stereocenters. The highest BCUT2D eigenvalue weighted by Crippen LogP contribution is 2.40. The lowest BCUT2D eigenvalue weighted by atomic mass is 9.78. The van der Waals surface area contributed by atoms with Crippen molar-refractivity contribution in [2.24, 2.45) is 0 Å². The number of hydrogen-bond acceptors (Lipinski definition) is 1. The second-order valence-corrected chi connectivity index (χ2v) is 4.96. The standard InChI is InChI=1S/C14H20FN/c1-8-5-6-12(16-4)13-10(3)14(15)9(2)7-11(8)13/h7-8,12,16H,5-6H2,1-4H3. The Bertz CT molecular complexity index is 412. The van der Waals surface area contributed by atoms with Gasteiger partial charge in [0, 0.05) is 6.04 Å². The summed E-state index contributed by atoms with van der Waals surface area (Å²) in [6.07, 6.45) is 2.29. The zero-order valence-electron chi connectivity index (χ0n) is 10.5. The first-order valence-corrected chi connectivity index (χ1v) is 6.03. The lowest BCUT2D eigenvalue weighted by Crippen LogP contribution is -2.25. The van der Waals surface area contributed by atoms with E-state index in [1.807, 2.05) is 27.0 Å². The summed E-state index contributed by atoms with van der Waals surface area (Å²) >= 11 is 0. The molecule has 2 atom stereocenters. The van der Waals surface area contributed by atoms with Crippen LogP contribution >= 0.6 is 0 Å². The fourth-order valence-corrected chi connectivity index (χ4v) is 2.88. The van der Waals surface area contributed by atoms with Crippen molar-refractivity contribution in [3.8, 4) is 0 Å². The van der Waals surface area contributed by atoms with E-state index < -0.39 is 0 Å². The maximum atomic E-state index is 13.9.